The van der Waals surface area contributed by atoms with Crippen molar-refractivity contribution in [3.8, 4) is 10.6 Å². The summed E-state index contributed by atoms with van der Waals surface area (Å²) in [7, 11) is 0. The highest BCUT2D eigenvalue weighted by Gasteiger charge is 2.57. The van der Waals surface area contributed by atoms with E-state index in [9.17, 15) is 14.7 Å². The van der Waals surface area contributed by atoms with Gasteiger partial charge in [-0.2, -0.15) is 0 Å². The molecule has 2 fully saturated rings. The highest BCUT2D eigenvalue weighted by Crippen LogP contribution is 2.60. The number of aromatic nitrogens is 3. The second-order valence-electron chi connectivity index (χ2n) is 11.7. The quantitative estimate of drug-likeness (QED) is 0.285. The fourth-order valence-electron chi connectivity index (χ4n) is 7.34. The monoisotopic (exact) mass is 556 g/mol. The lowest BCUT2D eigenvalue weighted by atomic mass is 9.80. The summed E-state index contributed by atoms with van der Waals surface area (Å²) in [6.07, 6.45) is 5.67. The Balaban J connectivity index is 1.15. The Kier molecular flexibility index (Phi) is 5.96. The van der Waals surface area contributed by atoms with Crippen molar-refractivity contribution in [3.63, 3.8) is 0 Å². The van der Waals surface area contributed by atoms with Crippen LogP contribution < -0.4 is 0 Å². The number of amides is 1. The molecule has 0 unspecified atom stereocenters. The van der Waals surface area contributed by atoms with Gasteiger partial charge in [0.25, 0.3) is 0 Å². The van der Waals surface area contributed by atoms with Crippen molar-refractivity contribution in [3.05, 3.63) is 70.5 Å². The van der Waals surface area contributed by atoms with Gasteiger partial charge in [-0.3, -0.25) is 4.79 Å². The van der Waals surface area contributed by atoms with E-state index in [4.69, 9.17) is 14.7 Å². The Labute approximate surface area is 236 Å². The smallest absolute Gasteiger partial charge is 0.450 e. The molecule has 9 heteroatoms. The summed E-state index contributed by atoms with van der Waals surface area (Å²) in [6, 6.07) is 14.4. The Morgan fingerprint density at radius 2 is 1.90 bits per heavy atom. The van der Waals surface area contributed by atoms with E-state index in [-0.39, 0.29) is 11.3 Å². The number of pyridine rings is 1. The molecule has 7 rings (SSSR count). The van der Waals surface area contributed by atoms with Crippen LogP contribution in [0.5, 0.6) is 0 Å². The van der Waals surface area contributed by atoms with E-state index < -0.39 is 11.8 Å². The van der Waals surface area contributed by atoms with E-state index in [0.29, 0.717) is 45.3 Å². The largest absolute Gasteiger partial charge is 0.506 e. The van der Waals surface area contributed by atoms with E-state index in [1.165, 1.54) is 10.4 Å². The minimum atomic E-state index is -1.21. The number of carbonyl (C=O) groups is 2. The van der Waals surface area contributed by atoms with E-state index >= 15 is 0 Å². The van der Waals surface area contributed by atoms with Crippen LogP contribution in [0.1, 0.15) is 60.4 Å². The lowest BCUT2D eigenvalue weighted by Gasteiger charge is -2.32. The normalized spacial score (nSPS) is 23.5. The first-order valence-corrected chi connectivity index (χ1v) is 14.8. The van der Waals surface area contributed by atoms with Gasteiger partial charge in [-0.1, -0.05) is 30.3 Å². The molecule has 4 heterocycles. The third-order valence-electron chi connectivity index (χ3n) is 9.34. The molecule has 0 radical (unpaired) electrons. The molecule has 1 aromatic carbocycles. The maximum absolute atomic E-state index is 13.7. The maximum Gasteiger partial charge on any atom is 0.506 e. The van der Waals surface area contributed by atoms with Crippen molar-refractivity contribution in [2.75, 3.05) is 6.54 Å². The molecule has 0 spiro atoms. The third kappa shape index (κ3) is 4.27. The summed E-state index contributed by atoms with van der Waals surface area (Å²) in [6.45, 7) is 3.96. The average molecular weight is 557 g/mol. The fourth-order valence-corrected chi connectivity index (χ4v) is 8.27. The molecular formula is C31H32N4O4S. The maximum atomic E-state index is 13.7. The fraction of sp³-hybridized carbons (Fsp3) is 0.419. The number of hydrogen-bond acceptors (Lipinski definition) is 6. The number of thiazole rings is 1. The summed E-state index contributed by atoms with van der Waals surface area (Å²) in [5.41, 5.74) is 4.76. The van der Waals surface area contributed by atoms with Gasteiger partial charge < -0.3 is 19.3 Å². The number of hydrogen-bond donors (Lipinski definition) is 1. The predicted molar refractivity (Wildman–Crippen MR) is 152 cm³/mol. The summed E-state index contributed by atoms with van der Waals surface area (Å²) < 4.78 is 7.57. The van der Waals surface area contributed by atoms with Crippen LogP contribution in [0.3, 0.4) is 0 Å². The molecule has 3 aromatic heterocycles. The van der Waals surface area contributed by atoms with E-state index in [1.54, 1.807) is 11.3 Å². The van der Waals surface area contributed by atoms with Crippen LogP contribution in [-0.4, -0.2) is 48.7 Å². The van der Waals surface area contributed by atoms with Crippen molar-refractivity contribution in [1.29, 1.82) is 0 Å². The highest BCUT2D eigenvalue weighted by molar-refractivity contribution is 7.15. The number of nitrogens with zero attached hydrogens (tertiary/aromatic N) is 4. The lowest BCUT2D eigenvalue weighted by Crippen LogP contribution is -2.39. The highest BCUT2D eigenvalue weighted by atomic mass is 32.1. The van der Waals surface area contributed by atoms with Crippen molar-refractivity contribution in [1.82, 2.24) is 19.4 Å². The van der Waals surface area contributed by atoms with Crippen LogP contribution in [-0.2, 0) is 29.0 Å². The van der Waals surface area contributed by atoms with Crippen LogP contribution in [0.4, 0.5) is 4.79 Å². The number of carboxylic acid groups (broad SMARTS) is 1. The van der Waals surface area contributed by atoms with Crippen molar-refractivity contribution in [2.24, 2.45) is 5.41 Å². The second kappa shape index (κ2) is 9.44. The molecular weight excluding hydrogens is 524 g/mol. The molecule has 0 saturated heterocycles. The Hall–Kier alpha value is -3.72. The lowest BCUT2D eigenvalue weighted by molar-refractivity contribution is -0.134. The molecule has 2 aliphatic carbocycles. The topological polar surface area (TPSA) is 97.5 Å². The number of aryl methyl sites for hydroxylation is 1. The minimum absolute atomic E-state index is 0.146. The van der Waals surface area contributed by atoms with Gasteiger partial charge in [-0.05, 0) is 68.6 Å². The molecule has 1 aliphatic heterocycles. The zero-order valence-electron chi connectivity index (χ0n) is 22.6. The van der Waals surface area contributed by atoms with Gasteiger partial charge in [0.15, 0.2) is 0 Å². The predicted octanol–water partition coefficient (Wildman–Crippen LogP) is 6.19. The first kappa shape index (κ1) is 25.3. The van der Waals surface area contributed by atoms with Crippen molar-refractivity contribution < 1.29 is 19.4 Å². The molecule has 206 valence electrons. The van der Waals surface area contributed by atoms with Crippen LogP contribution in [0.25, 0.3) is 21.6 Å². The van der Waals surface area contributed by atoms with E-state index in [2.05, 4.69) is 29.7 Å². The zero-order valence-corrected chi connectivity index (χ0v) is 23.4. The van der Waals surface area contributed by atoms with E-state index in [0.717, 1.165) is 52.3 Å². The van der Waals surface area contributed by atoms with Gasteiger partial charge >= 0.3 is 6.16 Å². The number of carbonyl (C=O) groups excluding carboxylic acids is 1. The Morgan fingerprint density at radius 1 is 1.10 bits per heavy atom. The van der Waals surface area contributed by atoms with Crippen molar-refractivity contribution >= 4 is 34.4 Å². The molecule has 4 aromatic rings. The van der Waals surface area contributed by atoms with Gasteiger partial charge in [0.1, 0.15) is 16.3 Å². The van der Waals surface area contributed by atoms with Crippen LogP contribution in [0, 0.1) is 12.3 Å². The number of benzene rings is 1. The Morgan fingerprint density at radius 3 is 2.67 bits per heavy atom. The summed E-state index contributed by atoms with van der Waals surface area (Å²) in [5, 5.41) is 11.4. The summed E-state index contributed by atoms with van der Waals surface area (Å²) in [4.78, 5) is 37.9. The van der Waals surface area contributed by atoms with Gasteiger partial charge in [0.05, 0.1) is 18.8 Å². The average Bonchev–Trinajstić information content (AvgIpc) is 3.69. The molecule has 2 saturated carbocycles. The number of rotatable bonds is 6. The minimum Gasteiger partial charge on any atom is -0.450 e. The molecule has 2 bridgehead atoms. The van der Waals surface area contributed by atoms with Gasteiger partial charge in [0, 0.05) is 40.7 Å². The van der Waals surface area contributed by atoms with E-state index in [1.807, 2.05) is 35.4 Å². The Bertz CT molecular complexity index is 1620. The van der Waals surface area contributed by atoms with Gasteiger partial charge in [0.2, 0.25) is 5.91 Å². The summed E-state index contributed by atoms with van der Waals surface area (Å²) >= 11 is 1.71. The van der Waals surface area contributed by atoms with Crippen LogP contribution >= 0.6 is 11.3 Å². The molecule has 1 amide bonds. The van der Waals surface area contributed by atoms with Gasteiger partial charge in [-0.25, -0.2) is 14.8 Å². The second-order valence-corrected chi connectivity index (χ2v) is 12.9. The standard InChI is InChI=1S/C31H32N4O4S/c1-20-24(33-28(40-20)21-6-3-2-4-7-21)17-35-25-18-34(15-9-22(25)23-8-5-14-32-27(23)35)26(36)16-30-10-12-31(19-30,13-11-30)39-29(37)38/h2-8,14H,9-13,15-19H2,1H3,(H,37,38). The van der Waals surface area contributed by atoms with Crippen LogP contribution in [0.15, 0.2) is 48.7 Å². The first-order valence-electron chi connectivity index (χ1n) is 14.0. The van der Waals surface area contributed by atoms with Crippen LogP contribution in [0.2, 0.25) is 0 Å². The van der Waals surface area contributed by atoms with Gasteiger partial charge in [-0.15, -0.1) is 11.3 Å². The molecule has 3 aliphatic rings. The SMILES string of the molecule is Cc1sc(-c2ccccc2)nc1Cn1c2c(c3cccnc31)CCN(C(=O)CC13CCC(OC(=O)O)(CC1)C3)C2. The molecule has 0 atom stereocenters. The summed E-state index contributed by atoms with van der Waals surface area (Å²) in [5.74, 6) is 0.152. The molecule has 1 N–H and O–H groups in total. The third-order valence-corrected chi connectivity index (χ3v) is 10.4. The first-order chi connectivity index (χ1) is 19.3. The zero-order chi connectivity index (χ0) is 27.5. The molecule has 40 heavy (non-hydrogen) atoms. The van der Waals surface area contributed by atoms with Crippen molar-refractivity contribution in [2.45, 2.75) is 70.6 Å². The molecule has 8 nitrogen and oxygen atoms in total. The number of fused-ring (bicyclic) bond motifs is 5. The number of ether oxygens (including phenoxy) is 1.